The van der Waals surface area contributed by atoms with Crippen LogP contribution >= 0.6 is 12.2 Å². The van der Waals surface area contributed by atoms with Gasteiger partial charge in [-0.05, 0) is 44.8 Å². The monoisotopic (exact) mass is 212 g/mol. The summed E-state index contributed by atoms with van der Waals surface area (Å²) in [4.78, 5) is 2.39. The van der Waals surface area contributed by atoms with Crippen molar-refractivity contribution in [1.29, 1.82) is 0 Å². The van der Waals surface area contributed by atoms with Crippen molar-refractivity contribution in [2.75, 3.05) is 6.54 Å². The van der Waals surface area contributed by atoms with E-state index < -0.39 is 0 Å². The first-order chi connectivity index (χ1) is 6.77. The van der Waals surface area contributed by atoms with Crippen molar-refractivity contribution in [3.63, 3.8) is 0 Å². The molecule has 2 nitrogen and oxygen atoms in total. The van der Waals surface area contributed by atoms with E-state index in [9.17, 15) is 0 Å². The average Bonchev–Trinajstić information content (AvgIpc) is 2.93. The summed E-state index contributed by atoms with van der Waals surface area (Å²) in [5.41, 5.74) is 0. The van der Waals surface area contributed by atoms with Crippen molar-refractivity contribution in [3.8, 4) is 0 Å². The Kier molecular flexibility index (Phi) is 3.26. The van der Waals surface area contributed by atoms with Gasteiger partial charge in [-0.1, -0.05) is 12.8 Å². The summed E-state index contributed by atoms with van der Waals surface area (Å²) in [6.45, 7) is 3.45. The third kappa shape index (κ3) is 2.59. The van der Waals surface area contributed by atoms with Crippen LogP contribution in [0.4, 0.5) is 0 Å². The molecule has 0 spiro atoms. The van der Waals surface area contributed by atoms with Gasteiger partial charge in [0.25, 0.3) is 0 Å². The van der Waals surface area contributed by atoms with Gasteiger partial charge in [-0.25, -0.2) is 0 Å². The fraction of sp³-hybridized carbons (Fsp3) is 0.909. The highest BCUT2D eigenvalue weighted by atomic mass is 32.1. The molecule has 2 aliphatic rings. The lowest BCUT2D eigenvalue weighted by atomic mass is 10.1. The maximum Gasteiger partial charge on any atom is 0.169 e. The SMILES string of the molecule is CC1CCCCCN1C(=S)NC1CC1. The standard InChI is InChI=1S/C11H20N2S/c1-9-5-3-2-4-8-13(9)11(14)12-10-6-7-10/h9-10H,2-8H2,1H3,(H,12,14). The van der Waals surface area contributed by atoms with Gasteiger partial charge in [0.1, 0.15) is 0 Å². The fourth-order valence-electron chi connectivity index (χ4n) is 2.06. The van der Waals surface area contributed by atoms with Crippen LogP contribution in [-0.2, 0) is 0 Å². The predicted octanol–water partition coefficient (Wildman–Crippen LogP) is 2.29. The Hall–Kier alpha value is -0.310. The fourth-order valence-corrected chi connectivity index (χ4v) is 2.50. The van der Waals surface area contributed by atoms with Crippen molar-refractivity contribution in [2.45, 2.75) is 57.5 Å². The summed E-state index contributed by atoms with van der Waals surface area (Å²) < 4.78 is 0. The second-order valence-electron chi connectivity index (χ2n) is 4.62. The summed E-state index contributed by atoms with van der Waals surface area (Å²) in [5.74, 6) is 0. The van der Waals surface area contributed by atoms with Crippen LogP contribution in [0.2, 0.25) is 0 Å². The summed E-state index contributed by atoms with van der Waals surface area (Å²) in [5, 5.41) is 4.44. The van der Waals surface area contributed by atoms with Crippen LogP contribution in [0.1, 0.15) is 45.4 Å². The zero-order chi connectivity index (χ0) is 9.97. The van der Waals surface area contributed by atoms with Gasteiger partial charge in [0, 0.05) is 18.6 Å². The highest BCUT2D eigenvalue weighted by molar-refractivity contribution is 7.80. The van der Waals surface area contributed by atoms with E-state index in [1.807, 2.05) is 0 Å². The van der Waals surface area contributed by atoms with Gasteiger partial charge in [-0.3, -0.25) is 0 Å². The Balaban J connectivity index is 1.87. The van der Waals surface area contributed by atoms with E-state index in [4.69, 9.17) is 12.2 Å². The minimum atomic E-state index is 0.635. The molecule has 1 N–H and O–H groups in total. The first kappa shape index (κ1) is 10.2. The molecule has 14 heavy (non-hydrogen) atoms. The molecule has 3 heteroatoms. The van der Waals surface area contributed by atoms with Crippen molar-refractivity contribution in [2.24, 2.45) is 0 Å². The number of thiocarbonyl (C=S) groups is 1. The number of nitrogens with one attached hydrogen (secondary N) is 1. The van der Waals surface area contributed by atoms with E-state index in [-0.39, 0.29) is 0 Å². The van der Waals surface area contributed by atoms with Crippen LogP contribution in [-0.4, -0.2) is 28.6 Å². The molecule has 0 aromatic carbocycles. The Morgan fingerprint density at radius 1 is 1.21 bits per heavy atom. The topological polar surface area (TPSA) is 15.3 Å². The lowest BCUT2D eigenvalue weighted by Crippen LogP contribution is -2.45. The van der Waals surface area contributed by atoms with Crippen molar-refractivity contribution >= 4 is 17.3 Å². The number of rotatable bonds is 1. The Morgan fingerprint density at radius 2 is 2.00 bits per heavy atom. The van der Waals surface area contributed by atoms with Gasteiger partial charge < -0.3 is 10.2 Å². The van der Waals surface area contributed by atoms with E-state index in [1.54, 1.807) is 0 Å². The molecule has 0 aromatic rings. The molecule has 0 bridgehead atoms. The zero-order valence-electron chi connectivity index (χ0n) is 8.96. The quantitative estimate of drug-likeness (QED) is 0.671. The minimum Gasteiger partial charge on any atom is -0.360 e. The van der Waals surface area contributed by atoms with Crippen LogP contribution in [0.25, 0.3) is 0 Å². The first-order valence-electron chi connectivity index (χ1n) is 5.84. The summed E-state index contributed by atoms with van der Waals surface area (Å²) in [7, 11) is 0. The summed E-state index contributed by atoms with van der Waals surface area (Å²) in [6, 6.07) is 1.33. The predicted molar refractivity (Wildman–Crippen MR) is 63.4 cm³/mol. The van der Waals surface area contributed by atoms with Crippen LogP contribution in [0.15, 0.2) is 0 Å². The molecule has 2 fully saturated rings. The zero-order valence-corrected chi connectivity index (χ0v) is 9.78. The molecule has 1 saturated carbocycles. The number of likely N-dealkylation sites (tertiary alicyclic amines) is 1. The molecule has 1 saturated heterocycles. The van der Waals surface area contributed by atoms with E-state index in [0.717, 1.165) is 11.7 Å². The maximum absolute atomic E-state index is 5.44. The Labute approximate surface area is 92.0 Å². The van der Waals surface area contributed by atoms with Gasteiger partial charge >= 0.3 is 0 Å². The van der Waals surface area contributed by atoms with E-state index in [2.05, 4.69) is 17.1 Å². The molecule has 1 aliphatic carbocycles. The van der Waals surface area contributed by atoms with Crippen molar-refractivity contribution in [3.05, 3.63) is 0 Å². The second-order valence-corrected chi connectivity index (χ2v) is 5.00. The summed E-state index contributed by atoms with van der Waals surface area (Å²) in [6.07, 6.45) is 7.95. The van der Waals surface area contributed by atoms with Crippen LogP contribution < -0.4 is 5.32 Å². The van der Waals surface area contributed by atoms with Crippen molar-refractivity contribution < 1.29 is 0 Å². The lowest BCUT2D eigenvalue weighted by Gasteiger charge is -2.30. The largest absolute Gasteiger partial charge is 0.360 e. The number of nitrogens with zero attached hydrogens (tertiary/aromatic N) is 1. The molecule has 0 radical (unpaired) electrons. The molecule has 80 valence electrons. The normalized spacial score (nSPS) is 28.4. The van der Waals surface area contributed by atoms with Gasteiger partial charge in [0.15, 0.2) is 5.11 Å². The Morgan fingerprint density at radius 3 is 2.71 bits per heavy atom. The minimum absolute atomic E-state index is 0.635. The second kappa shape index (κ2) is 4.47. The third-order valence-corrected chi connectivity index (χ3v) is 3.57. The van der Waals surface area contributed by atoms with Gasteiger partial charge in [-0.15, -0.1) is 0 Å². The molecular weight excluding hydrogens is 192 g/mol. The average molecular weight is 212 g/mol. The van der Waals surface area contributed by atoms with E-state index in [0.29, 0.717) is 12.1 Å². The maximum atomic E-state index is 5.44. The highest BCUT2D eigenvalue weighted by Gasteiger charge is 2.26. The number of hydrogen-bond donors (Lipinski definition) is 1. The van der Waals surface area contributed by atoms with Crippen LogP contribution in [0.5, 0.6) is 0 Å². The molecule has 0 aromatic heterocycles. The van der Waals surface area contributed by atoms with Crippen LogP contribution in [0, 0.1) is 0 Å². The van der Waals surface area contributed by atoms with Crippen LogP contribution in [0.3, 0.4) is 0 Å². The highest BCUT2D eigenvalue weighted by Crippen LogP contribution is 2.21. The van der Waals surface area contributed by atoms with E-state index in [1.165, 1.54) is 38.5 Å². The molecule has 1 aliphatic heterocycles. The molecular formula is C11H20N2S. The third-order valence-electron chi connectivity index (χ3n) is 3.22. The molecule has 1 atom stereocenters. The molecule has 1 unspecified atom stereocenters. The Bertz CT molecular complexity index is 213. The first-order valence-corrected chi connectivity index (χ1v) is 6.25. The smallest absolute Gasteiger partial charge is 0.169 e. The molecule has 0 amide bonds. The lowest BCUT2D eigenvalue weighted by molar-refractivity contribution is 0.331. The van der Waals surface area contributed by atoms with Gasteiger partial charge in [0.2, 0.25) is 0 Å². The molecule has 2 rings (SSSR count). The number of hydrogen-bond acceptors (Lipinski definition) is 1. The van der Waals surface area contributed by atoms with Gasteiger partial charge in [0.05, 0.1) is 0 Å². The summed E-state index contributed by atoms with van der Waals surface area (Å²) >= 11 is 5.44. The molecule has 1 heterocycles. The van der Waals surface area contributed by atoms with E-state index >= 15 is 0 Å². The van der Waals surface area contributed by atoms with Gasteiger partial charge in [-0.2, -0.15) is 0 Å². The van der Waals surface area contributed by atoms with Crippen molar-refractivity contribution in [1.82, 2.24) is 10.2 Å².